The molecule has 2 aliphatic rings. The predicted octanol–water partition coefficient (Wildman–Crippen LogP) is 3.12. The highest BCUT2D eigenvalue weighted by molar-refractivity contribution is 5.96. The fourth-order valence-corrected chi connectivity index (χ4v) is 4.44. The molecule has 1 aromatic rings. The minimum absolute atomic E-state index is 0.145. The summed E-state index contributed by atoms with van der Waals surface area (Å²) in [5.74, 6) is -0.130. The van der Waals surface area contributed by atoms with Gasteiger partial charge in [0.25, 0.3) is 0 Å². The molecule has 12 nitrogen and oxygen atoms in total. The summed E-state index contributed by atoms with van der Waals surface area (Å²) in [7, 11) is 0. The first-order valence-electron chi connectivity index (χ1n) is 13.8. The van der Waals surface area contributed by atoms with Crippen molar-refractivity contribution in [3.8, 4) is 0 Å². The van der Waals surface area contributed by atoms with Crippen molar-refractivity contribution >= 4 is 35.5 Å². The maximum atomic E-state index is 13.1. The van der Waals surface area contributed by atoms with Crippen molar-refractivity contribution in [2.45, 2.75) is 78.1 Å². The predicted molar refractivity (Wildman–Crippen MR) is 154 cm³/mol. The molecule has 1 saturated heterocycles. The average Bonchev–Trinajstić information content (AvgIpc) is 2.87. The number of amides is 6. The Morgan fingerprint density at radius 1 is 0.976 bits per heavy atom. The molecule has 0 radical (unpaired) electrons. The van der Waals surface area contributed by atoms with E-state index in [-0.39, 0.29) is 43.9 Å². The lowest BCUT2D eigenvalue weighted by molar-refractivity contribution is -0.138. The molecule has 0 saturated carbocycles. The molecule has 0 aromatic heterocycles. The molecule has 12 heteroatoms. The van der Waals surface area contributed by atoms with Gasteiger partial charge in [-0.15, -0.1) is 0 Å². The molecule has 0 spiro atoms. The molecule has 1 atom stereocenters. The summed E-state index contributed by atoms with van der Waals surface area (Å²) >= 11 is 0. The molecule has 1 aromatic carbocycles. The van der Waals surface area contributed by atoms with E-state index < -0.39 is 28.9 Å². The van der Waals surface area contributed by atoms with E-state index >= 15 is 0 Å². The third-order valence-corrected chi connectivity index (χ3v) is 6.72. The van der Waals surface area contributed by atoms with Gasteiger partial charge in [-0.2, -0.15) is 0 Å². The monoisotopic (exact) mass is 570 g/mol. The summed E-state index contributed by atoms with van der Waals surface area (Å²) in [6.45, 7) is 13.1. The fourth-order valence-electron chi connectivity index (χ4n) is 4.44. The zero-order chi connectivity index (χ0) is 30.6. The number of piperazine rings is 1. The van der Waals surface area contributed by atoms with Crippen LogP contribution in [-0.4, -0.2) is 82.6 Å². The summed E-state index contributed by atoms with van der Waals surface area (Å²) in [4.78, 5) is 67.5. The number of carbonyl (C=O) groups is 5. The Labute approximate surface area is 241 Å². The molecule has 1 fully saturated rings. The molecular formula is C29H42N6O6. The number of nitrogens with zero attached hydrogens (tertiary/aromatic N) is 3. The molecular weight excluding hydrogens is 528 g/mol. The highest BCUT2D eigenvalue weighted by atomic mass is 16.6. The molecule has 41 heavy (non-hydrogen) atoms. The van der Waals surface area contributed by atoms with Crippen molar-refractivity contribution in [2.24, 2.45) is 0 Å². The van der Waals surface area contributed by atoms with Crippen LogP contribution in [0.1, 0.15) is 60.5 Å². The van der Waals surface area contributed by atoms with Gasteiger partial charge in [-0.05, 0) is 65.3 Å². The lowest BCUT2D eigenvalue weighted by Crippen LogP contribution is -2.66. The smallest absolute Gasteiger partial charge is 0.408 e. The first-order chi connectivity index (χ1) is 19.0. The van der Waals surface area contributed by atoms with Gasteiger partial charge >= 0.3 is 18.2 Å². The quantitative estimate of drug-likeness (QED) is 0.460. The Morgan fingerprint density at radius 2 is 1.56 bits per heavy atom. The van der Waals surface area contributed by atoms with Crippen molar-refractivity contribution in [3.05, 3.63) is 42.1 Å². The third kappa shape index (κ3) is 8.45. The Morgan fingerprint density at radius 3 is 2.10 bits per heavy atom. The minimum atomic E-state index is -1.18. The van der Waals surface area contributed by atoms with Gasteiger partial charge in [0.15, 0.2) is 0 Å². The molecule has 3 N–H and O–H groups in total. The van der Waals surface area contributed by atoms with E-state index in [0.717, 1.165) is 5.56 Å². The van der Waals surface area contributed by atoms with Crippen LogP contribution < -0.4 is 20.9 Å². The van der Waals surface area contributed by atoms with Gasteiger partial charge in [0.2, 0.25) is 5.91 Å². The maximum absolute atomic E-state index is 13.1. The summed E-state index contributed by atoms with van der Waals surface area (Å²) in [5, 5.41) is 8.30. The molecule has 2 heterocycles. The van der Waals surface area contributed by atoms with E-state index in [4.69, 9.17) is 4.74 Å². The first-order valence-corrected chi connectivity index (χ1v) is 13.8. The molecule has 6 amide bonds. The van der Waals surface area contributed by atoms with Crippen molar-refractivity contribution in [2.75, 3.05) is 31.1 Å². The number of hydrogen-bond donors (Lipinski definition) is 3. The van der Waals surface area contributed by atoms with E-state index in [1.54, 1.807) is 75.8 Å². The van der Waals surface area contributed by atoms with Gasteiger partial charge in [-0.1, -0.05) is 19.1 Å². The molecule has 3 rings (SSSR count). The average molecular weight is 571 g/mol. The maximum Gasteiger partial charge on any atom is 0.408 e. The number of ether oxygens (including phenoxy) is 1. The van der Waals surface area contributed by atoms with Gasteiger partial charge in [-0.3, -0.25) is 14.5 Å². The largest absolute Gasteiger partial charge is 0.444 e. The molecule has 224 valence electrons. The normalized spacial score (nSPS) is 19.4. The van der Waals surface area contributed by atoms with Crippen molar-refractivity contribution in [1.82, 2.24) is 25.8 Å². The molecule has 1 unspecified atom stereocenters. The number of Topliss-reactive ketones (excluding diaryl/α,β-unsaturated/α-hetero) is 1. The van der Waals surface area contributed by atoms with Gasteiger partial charge in [0, 0.05) is 45.2 Å². The zero-order valence-electron chi connectivity index (χ0n) is 25.0. The van der Waals surface area contributed by atoms with Crippen LogP contribution >= 0.6 is 0 Å². The highest BCUT2D eigenvalue weighted by Gasteiger charge is 2.38. The van der Waals surface area contributed by atoms with Crippen LogP contribution in [0.3, 0.4) is 0 Å². The number of rotatable bonds is 7. The number of benzene rings is 1. The number of carbonyl (C=O) groups excluding carboxylic acids is 5. The molecule has 0 aliphatic carbocycles. The van der Waals surface area contributed by atoms with Crippen LogP contribution in [0.15, 0.2) is 36.5 Å². The summed E-state index contributed by atoms with van der Waals surface area (Å²) < 4.78 is 5.27. The van der Waals surface area contributed by atoms with Crippen LogP contribution in [0.25, 0.3) is 0 Å². The Balaban J connectivity index is 1.54. The van der Waals surface area contributed by atoms with Crippen molar-refractivity contribution < 1.29 is 28.7 Å². The van der Waals surface area contributed by atoms with Crippen molar-refractivity contribution in [1.29, 1.82) is 0 Å². The lowest BCUT2D eigenvalue weighted by atomic mass is 10.0. The van der Waals surface area contributed by atoms with Gasteiger partial charge < -0.3 is 30.5 Å². The van der Waals surface area contributed by atoms with Crippen LogP contribution in [0.5, 0.6) is 0 Å². The minimum Gasteiger partial charge on any atom is -0.444 e. The number of urea groups is 2. The third-order valence-electron chi connectivity index (χ3n) is 6.72. The lowest BCUT2D eigenvalue weighted by Gasteiger charge is -2.41. The van der Waals surface area contributed by atoms with Crippen LogP contribution in [0.4, 0.5) is 20.1 Å². The van der Waals surface area contributed by atoms with E-state index in [2.05, 4.69) is 16.0 Å². The van der Waals surface area contributed by atoms with Crippen LogP contribution in [-0.2, 0) is 20.7 Å². The molecule has 2 aliphatic heterocycles. The number of ketones is 1. The topological polar surface area (TPSA) is 140 Å². The summed E-state index contributed by atoms with van der Waals surface area (Å²) in [6.07, 6.45) is 3.44. The number of nitrogens with one attached hydrogen (secondary N) is 3. The summed E-state index contributed by atoms with van der Waals surface area (Å²) in [5.41, 5.74) is -1.48. The van der Waals surface area contributed by atoms with Crippen LogP contribution in [0.2, 0.25) is 0 Å². The van der Waals surface area contributed by atoms with Gasteiger partial charge in [0.05, 0.1) is 5.69 Å². The fraction of sp³-hybridized carbons (Fsp3) is 0.552. The van der Waals surface area contributed by atoms with E-state index in [1.807, 2.05) is 19.1 Å². The Hall–Kier alpha value is -4.09. The van der Waals surface area contributed by atoms with Gasteiger partial charge in [0.1, 0.15) is 22.6 Å². The first kappa shape index (κ1) is 31.4. The Kier molecular flexibility index (Phi) is 9.35. The standard InChI is InChI=1S/C29H42N6O6/c1-8-22(36)19-20-9-11-21(12-10-20)35-14-13-29(7,31-25(35)39)30-24(38)34-17-15-33(16-18-34)23(37)28(5,6)32-26(40)41-27(2,3)4/h9-14H,8,15-19H2,1-7H3,(H,30,38)(H,31,39)(H,32,40). The Bertz CT molecular complexity index is 1200. The highest BCUT2D eigenvalue weighted by Crippen LogP contribution is 2.21. The number of anilines is 1. The van der Waals surface area contributed by atoms with Crippen LogP contribution in [0, 0.1) is 0 Å². The second-order valence-electron chi connectivity index (χ2n) is 12.0. The van der Waals surface area contributed by atoms with E-state index in [9.17, 15) is 24.0 Å². The molecule has 0 bridgehead atoms. The van der Waals surface area contributed by atoms with Crippen molar-refractivity contribution in [3.63, 3.8) is 0 Å². The SMILES string of the molecule is CCC(=O)Cc1ccc(N2C=CC(C)(NC(=O)N3CCN(C(=O)C(C)(C)NC(=O)OC(C)(C)C)CC3)NC2=O)cc1. The summed E-state index contributed by atoms with van der Waals surface area (Å²) in [6, 6.07) is 6.39. The van der Waals surface area contributed by atoms with E-state index in [1.165, 1.54) is 4.90 Å². The zero-order valence-corrected chi connectivity index (χ0v) is 25.0. The second kappa shape index (κ2) is 12.2. The second-order valence-corrected chi connectivity index (χ2v) is 12.0. The number of alkyl carbamates (subject to hydrolysis) is 1. The van der Waals surface area contributed by atoms with E-state index in [0.29, 0.717) is 18.5 Å². The van der Waals surface area contributed by atoms with Gasteiger partial charge in [-0.25, -0.2) is 14.4 Å². The number of hydrogen-bond acceptors (Lipinski definition) is 6.